The number of hydrogen-bond donors (Lipinski definition) is 0. The first-order valence-corrected chi connectivity index (χ1v) is 10.6. The van der Waals surface area contributed by atoms with Gasteiger partial charge in [-0.2, -0.15) is 0 Å². The molecule has 1 fully saturated rings. The summed E-state index contributed by atoms with van der Waals surface area (Å²) < 4.78 is 8.31. The summed E-state index contributed by atoms with van der Waals surface area (Å²) in [5.74, 6) is 0. The molecule has 3 nitrogen and oxygen atoms in total. The van der Waals surface area contributed by atoms with Crippen molar-refractivity contribution < 1.29 is 0 Å². The van der Waals surface area contributed by atoms with Gasteiger partial charge in [0.1, 0.15) is 0 Å². The normalized spacial score (nSPS) is 21.0. The Bertz CT molecular complexity index is 230. The van der Waals surface area contributed by atoms with Crippen LogP contribution in [0.15, 0.2) is 0 Å². The fourth-order valence-electron chi connectivity index (χ4n) is 2.21. The van der Waals surface area contributed by atoms with Crippen molar-refractivity contribution in [3.05, 3.63) is 0 Å². The first kappa shape index (κ1) is 15.7. The second kappa shape index (κ2) is 5.35. The van der Waals surface area contributed by atoms with Crippen LogP contribution in [0.2, 0.25) is 0 Å². The summed E-state index contributed by atoms with van der Waals surface area (Å²) in [5.41, 5.74) is 0.665. The molecular formula is C13H30N3Sn. The van der Waals surface area contributed by atoms with Crippen molar-refractivity contribution in [2.24, 2.45) is 0 Å². The minimum absolute atomic E-state index is 0.332. The minimum atomic E-state index is -1.74. The molecule has 1 aliphatic rings. The van der Waals surface area contributed by atoms with Crippen LogP contribution in [0.4, 0.5) is 0 Å². The van der Waals surface area contributed by atoms with Gasteiger partial charge in [-0.25, -0.2) is 0 Å². The second-order valence-corrected chi connectivity index (χ2v) is 13.4. The van der Waals surface area contributed by atoms with Gasteiger partial charge in [0, 0.05) is 0 Å². The Hall–Kier alpha value is 0.679. The summed E-state index contributed by atoms with van der Waals surface area (Å²) in [6, 6.07) is 0. The summed E-state index contributed by atoms with van der Waals surface area (Å²) in [5, 5.41) is 0. The molecule has 0 atom stereocenters. The molecule has 0 aromatic carbocycles. The van der Waals surface area contributed by atoms with E-state index in [2.05, 4.69) is 64.8 Å². The van der Waals surface area contributed by atoms with Gasteiger partial charge in [-0.05, 0) is 0 Å². The van der Waals surface area contributed by atoms with Gasteiger partial charge in [-0.15, -0.1) is 0 Å². The molecule has 0 aromatic heterocycles. The standard InChI is InChI=1S/C9H20N2.C4H10N.Sn/c1-8(2,3)10-7-11-9(4,5)6;1-3-5-4-2;/h7H2,1-6H3;3-4H2,1-2H3;/q-2;-1;+3. The first-order chi connectivity index (χ1) is 7.62. The number of rotatable bonds is 3. The van der Waals surface area contributed by atoms with Crippen molar-refractivity contribution in [1.82, 2.24) is 9.36 Å². The average molecular weight is 347 g/mol. The maximum absolute atomic E-state index is 2.79. The van der Waals surface area contributed by atoms with Crippen LogP contribution >= 0.6 is 0 Å². The molecule has 0 spiro atoms. The molecular weight excluding hydrogens is 317 g/mol. The third-order valence-electron chi connectivity index (χ3n) is 3.43. The van der Waals surface area contributed by atoms with E-state index in [0.29, 0.717) is 11.1 Å². The fraction of sp³-hybridized carbons (Fsp3) is 1.00. The molecule has 17 heavy (non-hydrogen) atoms. The quantitative estimate of drug-likeness (QED) is 0.727. The summed E-state index contributed by atoms with van der Waals surface area (Å²) in [7, 11) is 0. The Morgan fingerprint density at radius 1 is 0.882 bits per heavy atom. The van der Waals surface area contributed by atoms with E-state index in [0.717, 1.165) is 6.67 Å². The van der Waals surface area contributed by atoms with E-state index in [1.807, 2.05) is 0 Å². The summed E-state index contributed by atoms with van der Waals surface area (Å²) >= 11 is -1.74. The molecule has 0 aromatic rings. The Morgan fingerprint density at radius 2 is 1.24 bits per heavy atom. The van der Waals surface area contributed by atoms with E-state index in [-0.39, 0.29) is 0 Å². The predicted octanol–water partition coefficient (Wildman–Crippen LogP) is 2.49. The first-order valence-electron chi connectivity index (χ1n) is 6.80. The average Bonchev–Trinajstić information content (AvgIpc) is 2.06. The molecule has 101 valence electrons. The van der Waals surface area contributed by atoms with Crippen molar-refractivity contribution in [2.75, 3.05) is 19.8 Å². The van der Waals surface area contributed by atoms with Crippen molar-refractivity contribution >= 4 is 20.6 Å². The van der Waals surface area contributed by atoms with E-state index in [4.69, 9.17) is 0 Å². The summed E-state index contributed by atoms with van der Waals surface area (Å²) in [4.78, 5) is 0. The van der Waals surface area contributed by atoms with E-state index in [9.17, 15) is 0 Å². The van der Waals surface area contributed by atoms with Crippen molar-refractivity contribution in [3.63, 3.8) is 0 Å². The van der Waals surface area contributed by atoms with Gasteiger partial charge in [-0.1, -0.05) is 0 Å². The van der Waals surface area contributed by atoms with E-state index >= 15 is 0 Å². The van der Waals surface area contributed by atoms with Crippen LogP contribution in [0, 0.1) is 0 Å². The number of nitrogens with zero attached hydrogens (tertiary/aromatic N) is 3. The van der Waals surface area contributed by atoms with E-state index in [1.54, 1.807) is 0 Å². The third kappa shape index (κ3) is 3.37. The molecule has 0 amide bonds. The van der Waals surface area contributed by atoms with Crippen LogP contribution in [0.1, 0.15) is 55.4 Å². The Balaban J connectivity index is 2.88. The van der Waals surface area contributed by atoms with E-state index < -0.39 is 20.6 Å². The molecule has 0 unspecified atom stereocenters. The van der Waals surface area contributed by atoms with Crippen LogP contribution in [0.5, 0.6) is 0 Å². The molecule has 1 radical (unpaired) electrons. The van der Waals surface area contributed by atoms with Gasteiger partial charge >= 0.3 is 116 Å². The monoisotopic (exact) mass is 348 g/mol. The van der Waals surface area contributed by atoms with Crippen LogP contribution in [0.3, 0.4) is 0 Å². The molecule has 0 bridgehead atoms. The van der Waals surface area contributed by atoms with Gasteiger partial charge in [0.2, 0.25) is 0 Å². The zero-order chi connectivity index (χ0) is 13.4. The molecule has 0 aliphatic carbocycles. The Kier molecular flexibility index (Phi) is 4.95. The predicted molar refractivity (Wildman–Crippen MR) is 76.7 cm³/mol. The molecule has 0 N–H and O–H groups in total. The molecule has 4 heteroatoms. The summed E-state index contributed by atoms with van der Waals surface area (Å²) in [6.45, 7) is 22.3. The third-order valence-corrected chi connectivity index (χ3v) is 14.2. The van der Waals surface area contributed by atoms with Crippen molar-refractivity contribution in [3.8, 4) is 0 Å². The van der Waals surface area contributed by atoms with E-state index in [1.165, 1.54) is 13.1 Å². The maximum atomic E-state index is 2.79. The van der Waals surface area contributed by atoms with Crippen LogP contribution in [-0.2, 0) is 0 Å². The molecule has 1 saturated heterocycles. The zero-order valence-electron chi connectivity index (χ0n) is 13.0. The molecule has 1 rings (SSSR count). The van der Waals surface area contributed by atoms with Crippen LogP contribution in [-0.4, -0.2) is 60.8 Å². The SMILES string of the molecule is CC[N](CC)[Sn]1[N](C(C)(C)C)C[N]1C(C)(C)C. The van der Waals surface area contributed by atoms with Gasteiger partial charge in [0.05, 0.1) is 0 Å². The van der Waals surface area contributed by atoms with Crippen LogP contribution in [0.25, 0.3) is 0 Å². The van der Waals surface area contributed by atoms with Gasteiger partial charge in [0.15, 0.2) is 0 Å². The molecule has 0 saturated carbocycles. The number of hydrogen-bond acceptors (Lipinski definition) is 3. The second-order valence-electron chi connectivity index (χ2n) is 6.81. The van der Waals surface area contributed by atoms with Gasteiger partial charge < -0.3 is 0 Å². The Morgan fingerprint density at radius 3 is 1.47 bits per heavy atom. The fourth-order valence-corrected chi connectivity index (χ4v) is 10.9. The Labute approximate surface area is 116 Å². The summed E-state index contributed by atoms with van der Waals surface area (Å²) in [6.07, 6.45) is 0. The van der Waals surface area contributed by atoms with Gasteiger partial charge in [0.25, 0.3) is 0 Å². The molecule has 1 aliphatic heterocycles. The topological polar surface area (TPSA) is 9.72 Å². The van der Waals surface area contributed by atoms with Crippen LogP contribution < -0.4 is 0 Å². The van der Waals surface area contributed by atoms with Gasteiger partial charge in [-0.3, -0.25) is 0 Å². The van der Waals surface area contributed by atoms with Crippen molar-refractivity contribution in [2.45, 2.75) is 66.5 Å². The molecule has 1 heterocycles. The zero-order valence-corrected chi connectivity index (χ0v) is 15.8. The van der Waals surface area contributed by atoms with Crippen molar-refractivity contribution in [1.29, 1.82) is 0 Å².